The molecule has 1 amide bonds. The summed E-state index contributed by atoms with van der Waals surface area (Å²) in [7, 11) is 0. The fourth-order valence-corrected chi connectivity index (χ4v) is 2.45. The van der Waals surface area contributed by atoms with Crippen LogP contribution in [0.4, 0.5) is 0 Å². The number of aromatic carboxylic acids is 1. The predicted molar refractivity (Wildman–Crippen MR) is 66.6 cm³/mol. The fraction of sp³-hybridized carbons (Fsp3) is 0.667. The van der Waals surface area contributed by atoms with Gasteiger partial charge in [0.15, 0.2) is 5.69 Å². The monoisotopic (exact) mass is 266 g/mol. The standard InChI is InChI=1S/C12H18N4O3/c1-12(5-3-2-4-6-12)13-10(17)8-16-7-9(11(18)19)14-15-16/h7H,2-6,8H2,1H3,(H,13,17)(H,18,19). The number of nitrogens with zero attached hydrogens (tertiary/aromatic N) is 3. The molecule has 0 bridgehead atoms. The number of nitrogens with one attached hydrogen (secondary N) is 1. The Morgan fingerprint density at radius 3 is 2.68 bits per heavy atom. The molecule has 0 saturated heterocycles. The number of hydrogen-bond donors (Lipinski definition) is 2. The van der Waals surface area contributed by atoms with Crippen LogP contribution in [0.1, 0.15) is 49.5 Å². The normalized spacial score (nSPS) is 17.9. The molecule has 0 aromatic carbocycles. The maximum atomic E-state index is 11.9. The molecule has 2 rings (SSSR count). The first-order valence-corrected chi connectivity index (χ1v) is 6.43. The van der Waals surface area contributed by atoms with Crippen molar-refractivity contribution in [1.29, 1.82) is 0 Å². The van der Waals surface area contributed by atoms with Crippen LogP contribution in [0.25, 0.3) is 0 Å². The number of aromatic nitrogens is 3. The summed E-state index contributed by atoms with van der Waals surface area (Å²) in [6, 6.07) is 0. The smallest absolute Gasteiger partial charge is 0.358 e. The Balaban J connectivity index is 1.91. The van der Waals surface area contributed by atoms with E-state index in [2.05, 4.69) is 15.6 Å². The molecule has 1 fully saturated rings. The molecule has 1 aromatic rings. The molecule has 1 saturated carbocycles. The second kappa shape index (κ2) is 5.38. The number of amides is 1. The van der Waals surface area contributed by atoms with E-state index in [0.717, 1.165) is 25.7 Å². The molecule has 1 aliphatic rings. The minimum atomic E-state index is -1.15. The molecule has 0 radical (unpaired) electrons. The highest BCUT2D eigenvalue weighted by atomic mass is 16.4. The van der Waals surface area contributed by atoms with Crippen molar-refractivity contribution in [3.8, 4) is 0 Å². The summed E-state index contributed by atoms with van der Waals surface area (Å²) >= 11 is 0. The lowest BCUT2D eigenvalue weighted by Gasteiger charge is -2.34. The first-order valence-electron chi connectivity index (χ1n) is 6.43. The number of carbonyl (C=O) groups is 2. The van der Waals surface area contributed by atoms with E-state index in [9.17, 15) is 9.59 Å². The second-order valence-corrected chi connectivity index (χ2v) is 5.28. The average molecular weight is 266 g/mol. The van der Waals surface area contributed by atoms with Crippen LogP contribution in [0.15, 0.2) is 6.20 Å². The Hall–Kier alpha value is -1.92. The predicted octanol–water partition coefficient (Wildman–Crippen LogP) is 0.815. The minimum Gasteiger partial charge on any atom is -0.476 e. The maximum absolute atomic E-state index is 11.9. The topological polar surface area (TPSA) is 97.1 Å². The molecule has 1 aliphatic carbocycles. The van der Waals surface area contributed by atoms with Crippen molar-refractivity contribution in [2.75, 3.05) is 0 Å². The summed E-state index contributed by atoms with van der Waals surface area (Å²) in [4.78, 5) is 22.6. The van der Waals surface area contributed by atoms with E-state index in [0.29, 0.717) is 0 Å². The van der Waals surface area contributed by atoms with E-state index in [1.807, 2.05) is 6.92 Å². The van der Waals surface area contributed by atoms with Gasteiger partial charge in [-0.3, -0.25) is 4.79 Å². The lowest BCUT2D eigenvalue weighted by Crippen LogP contribution is -2.48. The molecule has 104 valence electrons. The summed E-state index contributed by atoms with van der Waals surface area (Å²) in [5, 5.41) is 18.8. The van der Waals surface area contributed by atoms with Crippen LogP contribution < -0.4 is 5.32 Å². The molecule has 0 aliphatic heterocycles. The third-order valence-electron chi connectivity index (χ3n) is 3.46. The van der Waals surface area contributed by atoms with E-state index >= 15 is 0 Å². The molecule has 2 N–H and O–H groups in total. The van der Waals surface area contributed by atoms with Crippen LogP contribution in [0, 0.1) is 0 Å². The Labute approximate surface area is 111 Å². The SMILES string of the molecule is CC1(NC(=O)Cn2cc(C(=O)O)nn2)CCCCC1. The highest BCUT2D eigenvalue weighted by molar-refractivity contribution is 5.84. The van der Waals surface area contributed by atoms with Gasteiger partial charge in [0.25, 0.3) is 0 Å². The van der Waals surface area contributed by atoms with Gasteiger partial charge < -0.3 is 10.4 Å². The molecule has 7 heteroatoms. The highest BCUT2D eigenvalue weighted by Crippen LogP contribution is 2.27. The van der Waals surface area contributed by atoms with Gasteiger partial charge in [0.1, 0.15) is 6.54 Å². The molecule has 0 atom stereocenters. The Morgan fingerprint density at radius 2 is 2.11 bits per heavy atom. The van der Waals surface area contributed by atoms with Gasteiger partial charge in [-0.25, -0.2) is 9.48 Å². The third kappa shape index (κ3) is 3.52. The fourth-order valence-electron chi connectivity index (χ4n) is 2.45. The summed E-state index contributed by atoms with van der Waals surface area (Å²) in [6.45, 7) is 2.05. The van der Waals surface area contributed by atoms with Crippen molar-refractivity contribution in [3.63, 3.8) is 0 Å². The second-order valence-electron chi connectivity index (χ2n) is 5.28. The van der Waals surface area contributed by atoms with Crippen LogP contribution in [0.5, 0.6) is 0 Å². The number of carboxylic acids is 1. The molecule has 0 spiro atoms. The van der Waals surface area contributed by atoms with Gasteiger partial charge >= 0.3 is 5.97 Å². The van der Waals surface area contributed by atoms with E-state index in [4.69, 9.17) is 5.11 Å². The summed E-state index contributed by atoms with van der Waals surface area (Å²) in [6.07, 6.45) is 6.70. The third-order valence-corrected chi connectivity index (χ3v) is 3.46. The van der Waals surface area contributed by atoms with E-state index in [-0.39, 0.29) is 23.7 Å². The van der Waals surface area contributed by atoms with Crippen molar-refractivity contribution in [3.05, 3.63) is 11.9 Å². The van der Waals surface area contributed by atoms with E-state index in [1.165, 1.54) is 17.3 Å². The number of hydrogen-bond acceptors (Lipinski definition) is 4. The molecule has 19 heavy (non-hydrogen) atoms. The molecule has 7 nitrogen and oxygen atoms in total. The molecular weight excluding hydrogens is 248 g/mol. The first kappa shape index (κ1) is 13.5. The van der Waals surface area contributed by atoms with Gasteiger partial charge in [0, 0.05) is 5.54 Å². The molecule has 1 aromatic heterocycles. The Bertz CT molecular complexity index is 477. The maximum Gasteiger partial charge on any atom is 0.358 e. The number of carbonyl (C=O) groups excluding carboxylic acids is 1. The summed E-state index contributed by atoms with van der Waals surface area (Å²) in [5.74, 6) is -1.31. The van der Waals surface area contributed by atoms with Gasteiger partial charge in [0.2, 0.25) is 5.91 Å². The zero-order valence-corrected chi connectivity index (χ0v) is 10.9. The van der Waals surface area contributed by atoms with Crippen LogP contribution in [-0.4, -0.2) is 37.5 Å². The van der Waals surface area contributed by atoms with Gasteiger partial charge in [-0.1, -0.05) is 24.5 Å². The van der Waals surface area contributed by atoms with Gasteiger partial charge in [-0.2, -0.15) is 0 Å². The summed E-state index contributed by atoms with van der Waals surface area (Å²) in [5.41, 5.74) is -0.303. The van der Waals surface area contributed by atoms with E-state index in [1.54, 1.807) is 0 Å². The van der Waals surface area contributed by atoms with Crippen LogP contribution in [-0.2, 0) is 11.3 Å². The summed E-state index contributed by atoms with van der Waals surface area (Å²) < 4.78 is 1.24. The zero-order valence-electron chi connectivity index (χ0n) is 10.9. The van der Waals surface area contributed by atoms with Crippen molar-refractivity contribution in [2.24, 2.45) is 0 Å². The quantitative estimate of drug-likeness (QED) is 0.840. The Morgan fingerprint density at radius 1 is 1.42 bits per heavy atom. The van der Waals surface area contributed by atoms with Crippen molar-refractivity contribution in [1.82, 2.24) is 20.3 Å². The molecule has 0 unspecified atom stereocenters. The number of carboxylic acid groups (broad SMARTS) is 1. The lowest BCUT2D eigenvalue weighted by atomic mass is 9.83. The average Bonchev–Trinajstić information content (AvgIpc) is 2.77. The molecular formula is C12H18N4O3. The molecule has 1 heterocycles. The van der Waals surface area contributed by atoms with Gasteiger partial charge in [0.05, 0.1) is 6.20 Å². The van der Waals surface area contributed by atoms with Crippen LogP contribution >= 0.6 is 0 Å². The van der Waals surface area contributed by atoms with Crippen molar-refractivity contribution >= 4 is 11.9 Å². The van der Waals surface area contributed by atoms with Gasteiger partial charge in [-0.15, -0.1) is 5.10 Å². The van der Waals surface area contributed by atoms with Crippen molar-refractivity contribution < 1.29 is 14.7 Å². The van der Waals surface area contributed by atoms with Gasteiger partial charge in [-0.05, 0) is 19.8 Å². The lowest BCUT2D eigenvalue weighted by molar-refractivity contribution is -0.124. The van der Waals surface area contributed by atoms with E-state index < -0.39 is 5.97 Å². The number of rotatable bonds is 4. The highest BCUT2D eigenvalue weighted by Gasteiger charge is 2.28. The first-order chi connectivity index (χ1) is 8.98. The Kier molecular flexibility index (Phi) is 3.82. The minimum absolute atomic E-state index is 0.00410. The van der Waals surface area contributed by atoms with Crippen LogP contribution in [0.2, 0.25) is 0 Å². The largest absolute Gasteiger partial charge is 0.476 e. The van der Waals surface area contributed by atoms with Crippen molar-refractivity contribution in [2.45, 2.75) is 51.1 Å². The zero-order chi connectivity index (χ0) is 13.9. The van der Waals surface area contributed by atoms with Crippen LogP contribution in [0.3, 0.4) is 0 Å².